The first-order valence-electron chi connectivity index (χ1n) is 9.59. The van der Waals surface area contributed by atoms with Gasteiger partial charge >= 0.3 is 0 Å². The average molecular weight is 378 g/mol. The van der Waals surface area contributed by atoms with E-state index >= 15 is 0 Å². The van der Waals surface area contributed by atoms with Crippen LogP contribution < -0.4 is 10.9 Å². The third kappa shape index (κ3) is 3.85. The van der Waals surface area contributed by atoms with Crippen molar-refractivity contribution in [2.45, 2.75) is 31.8 Å². The first-order chi connectivity index (χ1) is 13.5. The lowest BCUT2D eigenvalue weighted by Crippen LogP contribution is -2.40. The third-order valence-corrected chi connectivity index (χ3v) is 5.36. The maximum atomic E-state index is 13.0. The predicted molar refractivity (Wildman–Crippen MR) is 111 cm³/mol. The Morgan fingerprint density at radius 2 is 2.11 bits per heavy atom. The summed E-state index contributed by atoms with van der Waals surface area (Å²) in [5.74, 6) is 0.0397. The van der Waals surface area contributed by atoms with Crippen LogP contribution in [0, 0.1) is 17.2 Å². The molecule has 0 aliphatic heterocycles. The van der Waals surface area contributed by atoms with Crippen molar-refractivity contribution in [1.29, 1.82) is 5.26 Å². The van der Waals surface area contributed by atoms with Gasteiger partial charge in [0.2, 0.25) is 0 Å². The molecule has 28 heavy (non-hydrogen) atoms. The topological polar surface area (TPSA) is 78.1 Å². The van der Waals surface area contributed by atoms with Crippen LogP contribution in [0.2, 0.25) is 0 Å². The molecule has 0 saturated heterocycles. The molecule has 0 radical (unpaired) electrons. The van der Waals surface area contributed by atoms with Crippen LogP contribution in [0.4, 0.5) is 5.69 Å². The number of hydrogen-bond acceptors (Lipinski definition) is 5. The Morgan fingerprint density at radius 3 is 2.75 bits per heavy atom. The number of ketones is 1. The summed E-state index contributed by atoms with van der Waals surface area (Å²) in [7, 11) is 4.00. The standard InChI is InChI=1S/C22H26N4O2/c1-4-20(27)15-12-16(13-15)24-21-17-8-5-6-9-19(17)26(11-7-10-25(2)3)22(28)18(21)14-23/h4-6,8-9,15-16,24H,1,7,10-13H2,2-3H3. The highest BCUT2D eigenvalue weighted by molar-refractivity contribution is 5.95. The predicted octanol–water partition coefficient (Wildman–Crippen LogP) is 2.77. The Kier molecular flexibility index (Phi) is 5.96. The summed E-state index contributed by atoms with van der Waals surface area (Å²) in [6.45, 7) is 4.96. The van der Waals surface area contributed by atoms with E-state index in [1.54, 1.807) is 4.57 Å². The minimum Gasteiger partial charge on any atom is -0.380 e. The number of hydrogen-bond donors (Lipinski definition) is 1. The second-order valence-electron chi connectivity index (χ2n) is 7.61. The van der Waals surface area contributed by atoms with E-state index in [-0.39, 0.29) is 28.9 Å². The maximum Gasteiger partial charge on any atom is 0.271 e. The number of nitriles is 1. The van der Waals surface area contributed by atoms with E-state index in [9.17, 15) is 14.9 Å². The molecule has 0 unspecified atom stereocenters. The van der Waals surface area contributed by atoms with Crippen molar-refractivity contribution in [2.24, 2.45) is 5.92 Å². The molecule has 3 rings (SSSR count). The number of nitrogens with zero attached hydrogens (tertiary/aromatic N) is 3. The SMILES string of the molecule is C=CC(=O)C1CC(Nc2c(C#N)c(=O)n(CCCN(C)C)c3ccccc23)C1. The van der Waals surface area contributed by atoms with Crippen LogP contribution in [0.25, 0.3) is 10.9 Å². The number of benzene rings is 1. The first-order valence-corrected chi connectivity index (χ1v) is 9.59. The second-order valence-corrected chi connectivity index (χ2v) is 7.61. The molecular weight excluding hydrogens is 352 g/mol. The largest absolute Gasteiger partial charge is 0.380 e. The summed E-state index contributed by atoms with van der Waals surface area (Å²) in [5.41, 5.74) is 1.29. The van der Waals surface area contributed by atoms with Gasteiger partial charge in [0.1, 0.15) is 11.6 Å². The number of aromatic nitrogens is 1. The number of aryl methyl sites for hydroxylation is 1. The smallest absolute Gasteiger partial charge is 0.271 e. The molecule has 1 fully saturated rings. The molecule has 1 aliphatic rings. The Hall–Kier alpha value is -2.91. The highest BCUT2D eigenvalue weighted by Gasteiger charge is 2.34. The summed E-state index contributed by atoms with van der Waals surface area (Å²) in [5, 5.41) is 13.9. The lowest BCUT2D eigenvalue weighted by molar-refractivity contribution is -0.120. The summed E-state index contributed by atoms with van der Waals surface area (Å²) in [6.07, 6.45) is 3.57. The maximum absolute atomic E-state index is 13.0. The van der Waals surface area contributed by atoms with Crippen LogP contribution in [0.15, 0.2) is 41.7 Å². The van der Waals surface area contributed by atoms with Crippen LogP contribution in [-0.4, -0.2) is 41.9 Å². The number of pyridine rings is 1. The Bertz CT molecular complexity index is 994. The van der Waals surface area contributed by atoms with Crippen LogP contribution in [0.5, 0.6) is 0 Å². The van der Waals surface area contributed by atoms with Crippen molar-refractivity contribution < 1.29 is 4.79 Å². The lowest BCUT2D eigenvalue weighted by Gasteiger charge is -2.35. The molecule has 2 aromatic rings. The monoisotopic (exact) mass is 378 g/mol. The molecule has 0 atom stereocenters. The molecular formula is C22H26N4O2. The highest BCUT2D eigenvalue weighted by atomic mass is 16.1. The average Bonchev–Trinajstić information content (AvgIpc) is 2.65. The van der Waals surface area contributed by atoms with Crippen molar-refractivity contribution in [1.82, 2.24) is 9.47 Å². The number of fused-ring (bicyclic) bond motifs is 1. The van der Waals surface area contributed by atoms with Crippen molar-refractivity contribution in [3.05, 3.63) is 52.8 Å². The van der Waals surface area contributed by atoms with Crippen molar-refractivity contribution in [3.8, 4) is 6.07 Å². The van der Waals surface area contributed by atoms with Gasteiger partial charge in [0.05, 0.1) is 11.2 Å². The fourth-order valence-electron chi connectivity index (χ4n) is 3.77. The number of anilines is 1. The molecule has 0 bridgehead atoms. The van der Waals surface area contributed by atoms with Gasteiger partial charge in [-0.25, -0.2) is 0 Å². The Labute approximate surface area is 165 Å². The summed E-state index contributed by atoms with van der Waals surface area (Å²) in [6, 6.07) is 9.85. The number of para-hydroxylation sites is 1. The Morgan fingerprint density at radius 1 is 1.39 bits per heavy atom. The molecule has 6 nitrogen and oxygen atoms in total. The van der Waals surface area contributed by atoms with Crippen LogP contribution in [0.1, 0.15) is 24.8 Å². The number of carbonyl (C=O) groups excluding carboxylic acids is 1. The number of nitrogens with one attached hydrogen (secondary N) is 1. The van der Waals surface area contributed by atoms with E-state index in [4.69, 9.17) is 0 Å². The first kappa shape index (κ1) is 19.8. The number of rotatable bonds is 8. The molecule has 146 valence electrons. The third-order valence-electron chi connectivity index (χ3n) is 5.36. The quantitative estimate of drug-likeness (QED) is 0.715. The fourth-order valence-corrected chi connectivity index (χ4v) is 3.77. The zero-order valence-corrected chi connectivity index (χ0v) is 16.4. The molecule has 1 aromatic heterocycles. The summed E-state index contributed by atoms with van der Waals surface area (Å²) < 4.78 is 1.70. The van der Waals surface area contributed by atoms with Crippen LogP contribution in [0.3, 0.4) is 0 Å². The lowest BCUT2D eigenvalue weighted by atomic mass is 9.77. The van der Waals surface area contributed by atoms with Gasteiger partial charge in [-0.1, -0.05) is 24.8 Å². The minimum atomic E-state index is -0.263. The molecule has 1 aromatic carbocycles. The van der Waals surface area contributed by atoms with Gasteiger partial charge in [-0.3, -0.25) is 9.59 Å². The molecule has 6 heteroatoms. The number of carbonyl (C=O) groups is 1. The van der Waals surface area contributed by atoms with Gasteiger partial charge < -0.3 is 14.8 Å². The van der Waals surface area contributed by atoms with Gasteiger partial charge in [-0.05, 0) is 52.0 Å². The van der Waals surface area contributed by atoms with Gasteiger partial charge in [0, 0.05) is 23.9 Å². The zero-order valence-electron chi connectivity index (χ0n) is 16.4. The van der Waals surface area contributed by atoms with Crippen molar-refractivity contribution in [3.63, 3.8) is 0 Å². The summed E-state index contributed by atoms with van der Waals surface area (Å²) >= 11 is 0. The molecule has 1 aliphatic carbocycles. The molecule has 1 N–H and O–H groups in total. The van der Waals surface area contributed by atoms with Gasteiger partial charge in [0.15, 0.2) is 5.78 Å². The summed E-state index contributed by atoms with van der Waals surface area (Å²) in [4.78, 5) is 26.8. The van der Waals surface area contributed by atoms with Crippen LogP contribution in [-0.2, 0) is 11.3 Å². The van der Waals surface area contributed by atoms with E-state index in [1.165, 1.54) is 6.08 Å². The van der Waals surface area contributed by atoms with Crippen molar-refractivity contribution in [2.75, 3.05) is 26.0 Å². The Balaban J connectivity index is 1.95. The van der Waals surface area contributed by atoms with E-state index in [1.807, 2.05) is 38.4 Å². The zero-order chi connectivity index (χ0) is 20.3. The molecule has 0 amide bonds. The second kappa shape index (κ2) is 8.41. The minimum absolute atomic E-state index is 0.0156. The van der Waals surface area contributed by atoms with E-state index in [0.717, 1.165) is 23.9 Å². The molecule has 1 saturated carbocycles. The fraction of sp³-hybridized carbons (Fsp3) is 0.409. The van der Waals surface area contributed by atoms with Crippen LogP contribution >= 0.6 is 0 Å². The van der Waals surface area contributed by atoms with E-state index in [2.05, 4.69) is 22.9 Å². The molecule has 0 spiro atoms. The van der Waals surface area contributed by atoms with Crippen molar-refractivity contribution >= 4 is 22.4 Å². The molecule has 1 heterocycles. The normalized spacial score (nSPS) is 18.5. The van der Waals surface area contributed by atoms with Gasteiger partial charge in [-0.2, -0.15) is 5.26 Å². The highest BCUT2D eigenvalue weighted by Crippen LogP contribution is 2.34. The van der Waals surface area contributed by atoms with E-state index in [0.29, 0.717) is 25.1 Å². The number of allylic oxidation sites excluding steroid dienone is 1. The van der Waals surface area contributed by atoms with Gasteiger partial charge in [-0.15, -0.1) is 0 Å². The van der Waals surface area contributed by atoms with Gasteiger partial charge in [0.25, 0.3) is 5.56 Å². The van der Waals surface area contributed by atoms with E-state index < -0.39 is 0 Å².